The molecule has 2 nitrogen and oxygen atoms in total. The highest BCUT2D eigenvalue weighted by Crippen LogP contribution is 2.26. The maximum absolute atomic E-state index is 5.47. The van der Waals surface area contributed by atoms with Gasteiger partial charge in [-0.05, 0) is 25.0 Å². The van der Waals surface area contributed by atoms with Gasteiger partial charge in [0.2, 0.25) is 5.90 Å². The molecule has 1 saturated carbocycles. The van der Waals surface area contributed by atoms with Gasteiger partial charge in [0.25, 0.3) is 0 Å². The van der Waals surface area contributed by atoms with Gasteiger partial charge < -0.3 is 4.74 Å². The standard InChI is InChI=1S/C12H16NO/c1-2-4-8-11(7-3-1)12-13-9-5-6-10-14-12/h5-6,9-10H,1-4,7-8H2. The number of allylic oxidation sites excluding steroid dienone is 2. The molecule has 0 N–H and O–H groups in total. The van der Waals surface area contributed by atoms with Crippen LogP contribution in [0.25, 0.3) is 0 Å². The lowest BCUT2D eigenvalue weighted by Gasteiger charge is -2.13. The van der Waals surface area contributed by atoms with Crippen molar-refractivity contribution in [1.82, 2.24) is 0 Å². The summed E-state index contributed by atoms with van der Waals surface area (Å²) in [6, 6.07) is 0. The Balaban J connectivity index is 2.01. The second-order valence-corrected chi connectivity index (χ2v) is 3.74. The Kier molecular flexibility index (Phi) is 3.39. The zero-order valence-electron chi connectivity index (χ0n) is 8.41. The van der Waals surface area contributed by atoms with Crippen molar-refractivity contribution in [3.05, 3.63) is 30.5 Å². The smallest absolute Gasteiger partial charge is 0.201 e. The molecular weight excluding hydrogens is 174 g/mol. The van der Waals surface area contributed by atoms with Crippen LogP contribution in [0.4, 0.5) is 0 Å². The Morgan fingerprint density at radius 2 is 1.79 bits per heavy atom. The summed E-state index contributed by atoms with van der Waals surface area (Å²) in [6.45, 7) is 0. The van der Waals surface area contributed by atoms with Crippen LogP contribution in [0.2, 0.25) is 0 Å². The SMILES string of the molecule is C1=CN=C([C]2CCCCCC2)OC=C1. The van der Waals surface area contributed by atoms with Crippen molar-refractivity contribution >= 4 is 5.90 Å². The van der Waals surface area contributed by atoms with E-state index in [1.165, 1.54) is 31.6 Å². The van der Waals surface area contributed by atoms with Crippen LogP contribution in [0.1, 0.15) is 38.5 Å². The van der Waals surface area contributed by atoms with Gasteiger partial charge in [0, 0.05) is 6.20 Å². The zero-order valence-corrected chi connectivity index (χ0v) is 8.41. The minimum Gasteiger partial charge on any atom is -0.450 e. The maximum atomic E-state index is 5.47. The Morgan fingerprint density at radius 3 is 2.57 bits per heavy atom. The van der Waals surface area contributed by atoms with Crippen molar-refractivity contribution in [2.45, 2.75) is 38.5 Å². The van der Waals surface area contributed by atoms with E-state index in [2.05, 4.69) is 4.99 Å². The molecule has 1 fully saturated rings. The van der Waals surface area contributed by atoms with Crippen molar-refractivity contribution in [2.24, 2.45) is 4.99 Å². The van der Waals surface area contributed by atoms with Crippen LogP contribution >= 0.6 is 0 Å². The lowest BCUT2D eigenvalue weighted by Crippen LogP contribution is -2.12. The Morgan fingerprint density at radius 1 is 1.00 bits per heavy atom. The summed E-state index contributed by atoms with van der Waals surface area (Å²) in [6.07, 6.45) is 14.8. The van der Waals surface area contributed by atoms with E-state index in [9.17, 15) is 0 Å². The molecule has 1 aliphatic carbocycles. The fourth-order valence-corrected chi connectivity index (χ4v) is 1.88. The third-order valence-electron chi connectivity index (χ3n) is 2.66. The van der Waals surface area contributed by atoms with E-state index in [-0.39, 0.29) is 0 Å². The third-order valence-corrected chi connectivity index (χ3v) is 2.66. The molecule has 0 aromatic heterocycles. The molecule has 0 saturated heterocycles. The van der Waals surface area contributed by atoms with Crippen molar-refractivity contribution in [3.8, 4) is 0 Å². The first-order valence-corrected chi connectivity index (χ1v) is 5.38. The van der Waals surface area contributed by atoms with Crippen LogP contribution < -0.4 is 0 Å². The molecule has 0 unspecified atom stereocenters. The Hall–Kier alpha value is -1.05. The maximum Gasteiger partial charge on any atom is 0.201 e. The number of nitrogens with zero attached hydrogens (tertiary/aromatic N) is 1. The van der Waals surface area contributed by atoms with Gasteiger partial charge in [-0.2, -0.15) is 0 Å². The molecule has 0 aromatic rings. The molecule has 2 rings (SSSR count). The molecule has 0 bridgehead atoms. The lowest BCUT2D eigenvalue weighted by molar-refractivity contribution is 0.457. The first kappa shape index (κ1) is 9.50. The number of rotatable bonds is 1. The van der Waals surface area contributed by atoms with Gasteiger partial charge in [-0.15, -0.1) is 0 Å². The molecule has 2 heteroatoms. The number of aliphatic imine (C=N–C) groups is 1. The Labute approximate surface area is 85.4 Å². The van der Waals surface area contributed by atoms with E-state index in [1.54, 1.807) is 12.5 Å². The molecule has 0 amide bonds. The number of ether oxygens (including phenoxy) is 1. The van der Waals surface area contributed by atoms with Crippen molar-refractivity contribution in [2.75, 3.05) is 0 Å². The molecule has 2 aliphatic rings. The summed E-state index contributed by atoms with van der Waals surface area (Å²) >= 11 is 0. The van der Waals surface area contributed by atoms with Gasteiger partial charge in [0.1, 0.15) is 0 Å². The van der Waals surface area contributed by atoms with Crippen LogP contribution in [-0.4, -0.2) is 5.90 Å². The fraction of sp³-hybridized carbons (Fsp3) is 0.500. The van der Waals surface area contributed by atoms with Gasteiger partial charge in [-0.1, -0.05) is 25.7 Å². The predicted octanol–water partition coefficient (Wildman–Crippen LogP) is 3.37. The number of hydrogen-bond acceptors (Lipinski definition) is 2. The van der Waals surface area contributed by atoms with Gasteiger partial charge in [-0.25, -0.2) is 4.99 Å². The van der Waals surface area contributed by atoms with Crippen molar-refractivity contribution in [3.63, 3.8) is 0 Å². The summed E-state index contributed by atoms with van der Waals surface area (Å²) in [5.41, 5.74) is 0. The summed E-state index contributed by atoms with van der Waals surface area (Å²) in [5.74, 6) is 2.22. The summed E-state index contributed by atoms with van der Waals surface area (Å²) in [5, 5.41) is 0. The quantitative estimate of drug-likeness (QED) is 0.581. The monoisotopic (exact) mass is 190 g/mol. The summed E-state index contributed by atoms with van der Waals surface area (Å²) < 4.78 is 5.47. The van der Waals surface area contributed by atoms with Gasteiger partial charge in [0.15, 0.2) is 0 Å². The van der Waals surface area contributed by atoms with Gasteiger partial charge >= 0.3 is 0 Å². The lowest BCUT2D eigenvalue weighted by atomic mass is 10.0. The van der Waals surface area contributed by atoms with E-state index < -0.39 is 0 Å². The van der Waals surface area contributed by atoms with E-state index in [0.717, 1.165) is 18.7 Å². The van der Waals surface area contributed by atoms with E-state index in [0.29, 0.717) is 0 Å². The normalized spacial score (nSPS) is 23.6. The van der Waals surface area contributed by atoms with Crippen molar-refractivity contribution < 1.29 is 4.74 Å². The molecule has 0 aromatic carbocycles. The molecule has 14 heavy (non-hydrogen) atoms. The highest BCUT2D eigenvalue weighted by Gasteiger charge is 2.19. The van der Waals surface area contributed by atoms with Crippen LogP contribution in [0.15, 0.2) is 29.6 Å². The fourth-order valence-electron chi connectivity index (χ4n) is 1.88. The second kappa shape index (κ2) is 4.99. The highest BCUT2D eigenvalue weighted by atomic mass is 16.5. The zero-order chi connectivity index (χ0) is 9.64. The van der Waals surface area contributed by atoms with Crippen LogP contribution in [0, 0.1) is 5.92 Å². The van der Waals surface area contributed by atoms with E-state index in [4.69, 9.17) is 4.74 Å². The minimum atomic E-state index is 0.830. The van der Waals surface area contributed by atoms with Gasteiger partial charge in [0.05, 0.1) is 12.2 Å². The van der Waals surface area contributed by atoms with Gasteiger partial charge in [-0.3, -0.25) is 0 Å². The number of hydrogen-bond donors (Lipinski definition) is 0. The average molecular weight is 190 g/mol. The summed E-state index contributed by atoms with van der Waals surface area (Å²) in [7, 11) is 0. The van der Waals surface area contributed by atoms with Crippen LogP contribution in [-0.2, 0) is 4.74 Å². The molecule has 0 atom stereocenters. The first-order valence-electron chi connectivity index (χ1n) is 5.38. The van der Waals surface area contributed by atoms with Crippen LogP contribution in [0.5, 0.6) is 0 Å². The average Bonchev–Trinajstić information content (AvgIpc) is 2.62. The highest BCUT2D eigenvalue weighted by molar-refractivity contribution is 5.91. The minimum absolute atomic E-state index is 0.830. The van der Waals surface area contributed by atoms with Crippen molar-refractivity contribution in [1.29, 1.82) is 0 Å². The first-order chi connectivity index (χ1) is 6.97. The van der Waals surface area contributed by atoms with Crippen LogP contribution in [0.3, 0.4) is 0 Å². The molecule has 1 heterocycles. The molecule has 0 spiro atoms. The third kappa shape index (κ3) is 2.47. The Bertz CT molecular complexity index is 257. The van der Waals surface area contributed by atoms with E-state index >= 15 is 0 Å². The predicted molar refractivity (Wildman–Crippen MR) is 57.7 cm³/mol. The summed E-state index contributed by atoms with van der Waals surface area (Å²) in [4.78, 5) is 4.30. The molecule has 75 valence electrons. The topological polar surface area (TPSA) is 21.6 Å². The molecular formula is C12H16NO. The second-order valence-electron chi connectivity index (χ2n) is 3.74. The largest absolute Gasteiger partial charge is 0.450 e. The molecule has 1 radical (unpaired) electrons. The van der Waals surface area contributed by atoms with E-state index in [1.807, 2.05) is 12.2 Å². The molecule has 1 aliphatic heterocycles.